The number of carbonyl (C=O) groups excluding carboxylic acids is 2. The number of aryl methyl sites for hydroxylation is 1. The Kier molecular flexibility index (Phi) is 6.52. The van der Waals surface area contributed by atoms with E-state index in [9.17, 15) is 9.59 Å². The third-order valence-electron chi connectivity index (χ3n) is 5.62. The van der Waals surface area contributed by atoms with Gasteiger partial charge in [0.2, 0.25) is 5.91 Å². The molecular formula is C26H27N3O3. The van der Waals surface area contributed by atoms with Gasteiger partial charge in [-0.3, -0.25) is 14.5 Å². The zero-order valence-corrected chi connectivity index (χ0v) is 18.2. The maximum absolute atomic E-state index is 12.9. The van der Waals surface area contributed by atoms with Gasteiger partial charge in [0.1, 0.15) is 11.5 Å². The molecule has 1 aliphatic heterocycles. The molecule has 2 N–H and O–H groups in total. The minimum atomic E-state index is -0.476. The fourth-order valence-corrected chi connectivity index (χ4v) is 3.85. The van der Waals surface area contributed by atoms with E-state index in [1.807, 2.05) is 4.90 Å². The van der Waals surface area contributed by atoms with E-state index < -0.39 is 5.91 Å². The van der Waals surface area contributed by atoms with Crippen molar-refractivity contribution in [2.75, 3.05) is 26.2 Å². The van der Waals surface area contributed by atoms with Crippen LogP contribution in [0.2, 0.25) is 0 Å². The average molecular weight is 430 g/mol. The Labute approximate surface area is 188 Å². The summed E-state index contributed by atoms with van der Waals surface area (Å²) in [6, 6.07) is 22.3. The molecule has 0 bridgehead atoms. The normalized spacial score (nSPS) is 14.2. The van der Waals surface area contributed by atoms with Crippen LogP contribution in [0.5, 0.6) is 11.5 Å². The van der Waals surface area contributed by atoms with Gasteiger partial charge in [-0.25, -0.2) is 0 Å². The molecule has 0 atom stereocenters. The van der Waals surface area contributed by atoms with Crippen LogP contribution in [-0.2, 0) is 6.54 Å². The van der Waals surface area contributed by atoms with Crippen molar-refractivity contribution in [3.8, 4) is 11.5 Å². The van der Waals surface area contributed by atoms with Crippen LogP contribution >= 0.6 is 0 Å². The summed E-state index contributed by atoms with van der Waals surface area (Å²) in [5.74, 6) is 0.781. The molecule has 0 unspecified atom stereocenters. The summed E-state index contributed by atoms with van der Waals surface area (Å²) in [6.07, 6.45) is 0. The summed E-state index contributed by atoms with van der Waals surface area (Å²) < 4.78 is 5.79. The molecule has 4 rings (SSSR count). The van der Waals surface area contributed by atoms with Crippen molar-refractivity contribution < 1.29 is 14.3 Å². The van der Waals surface area contributed by atoms with Crippen molar-refractivity contribution in [3.63, 3.8) is 0 Å². The van der Waals surface area contributed by atoms with Crippen molar-refractivity contribution in [3.05, 3.63) is 95.1 Å². The Morgan fingerprint density at radius 2 is 1.44 bits per heavy atom. The lowest BCUT2D eigenvalue weighted by atomic mass is 10.1. The quantitative estimate of drug-likeness (QED) is 0.646. The monoisotopic (exact) mass is 429 g/mol. The summed E-state index contributed by atoms with van der Waals surface area (Å²) in [5.41, 5.74) is 8.91. The number of hydrogen-bond acceptors (Lipinski definition) is 4. The third-order valence-corrected chi connectivity index (χ3v) is 5.62. The molecule has 6 heteroatoms. The molecule has 0 saturated carbocycles. The molecule has 3 aromatic rings. The van der Waals surface area contributed by atoms with Crippen molar-refractivity contribution in [2.45, 2.75) is 13.5 Å². The fraction of sp³-hybridized carbons (Fsp3) is 0.231. The summed E-state index contributed by atoms with van der Waals surface area (Å²) >= 11 is 0. The Morgan fingerprint density at radius 1 is 0.844 bits per heavy atom. The fourth-order valence-electron chi connectivity index (χ4n) is 3.85. The molecule has 1 heterocycles. The van der Waals surface area contributed by atoms with Crippen molar-refractivity contribution in [1.29, 1.82) is 0 Å². The van der Waals surface area contributed by atoms with Crippen molar-refractivity contribution in [2.24, 2.45) is 5.73 Å². The molecule has 0 spiro atoms. The molecular weight excluding hydrogens is 402 g/mol. The van der Waals surface area contributed by atoms with Crippen LogP contribution in [0, 0.1) is 6.92 Å². The second-order valence-electron chi connectivity index (χ2n) is 8.07. The molecule has 2 amide bonds. The molecule has 1 saturated heterocycles. The van der Waals surface area contributed by atoms with E-state index in [4.69, 9.17) is 10.5 Å². The van der Waals surface area contributed by atoms with E-state index in [0.29, 0.717) is 22.6 Å². The van der Waals surface area contributed by atoms with Gasteiger partial charge in [-0.05, 0) is 61.0 Å². The number of hydrogen-bond donors (Lipinski definition) is 1. The molecule has 1 aliphatic rings. The lowest BCUT2D eigenvalue weighted by molar-refractivity contribution is 0.0628. The number of primary amides is 1. The Morgan fingerprint density at radius 3 is 2.00 bits per heavy atom. The third kappa shape index (κ3) is 5.34. The molecule has 3 aromatic carbocycles. The summed E-state index contributed by atoms with van der Waals surface area (Å²) in [4.78, 5) is 28.4. The molecule has 0 radical (unpaired) electrons. The maximum Gasteiger partial charge on any atom is 0.253 e. The number of piperazine rings is 1. The predicted molar refractivity (Wildman–Crippen MR) is 124 cm³/mol. The molecule has 164 valence electrons. The van der Waals surface area contributed by atoms with Gasteiger partial charge in [0.15, 0.2) is 0 Å². The highest BCUT2D eigenvalue weighted by Gasteiger charge is 2.22. The van der Waals surface area contributed by atoms with Crippen LogP contribution in [0.15, 0.2) is 72.8 Å². The van der Waals surface area contributed by atoms with Gasteiger partial charge < -0.3 is 15.4 Å². The SMILES string of the molecule is Cc1cccc(CN2CCN(C(=O)c3ccc(Oc4ccc(C(N)=O)cc4)cc3)CC2)c1. The van der Waals surface area contributed by atoms with Gasteiger partial charge in [-0.1, -0.05) is 29.8 Å². The summed E-state index contributed by atoms with van der Waals surface area (Å²) in [6.45, 7) is 6.18. The highest BCUT2D eigenvalue weighted by molar-refractivity contribution is 5.94. The number of rotatable bonds is 6. The van der Waals surface area contributed by atoms with Crippen molar-refractivity contribution in [1.82, 2.24) is 9.80 Å². The maximum atomic E-state index is 12.9. The first-order valence-corrected chi connectivity index (χ1v) is 10.7. The van der Waals surface area contributed by atoms with E-state index in [1.54, 1.807) is 48.5 Å². The average Bonchev–Trinajstić information content (AvgIpc) is 2.80. The molecule has 0 aliphatic carbocycles. The van der Waals surface area contributed by atoms with E-state index in [1.165, 1.54) is 11.1 Å². The van der Waals surface area contributed by atoms with E-state index in [-0.39, 0.29) is 5.91 Å². The Balaban J connectivity index is 1.30. The number of nitrogens with zero attached hydrogens (tertiary/aromatic N) is 2. The number of benzene rings is 3. The van der Waals surface area contributed by atoms with Crippen LogP contribution in [0.25, 0.3) is 0 Å². The highest BCUT2D eigenvalue weighted by atomic mass is 16.5. The van der Waals surface area contributed by atoms with Gasteiger partial charge in [-0.2, -0.15) is 0 Å². The number of nitrogens with two attached hydrogens (primary N) is 1. The minimum Gasteiger partial charge on any atom is -0.457 e. The first kappa shape index (κ1) is 21.6. The van der Waals surface area contributed by atoms with Crippen LogP contribution in [0.1, 0.15) is 31.8 Å². The largest absolute Gasteiger partial charge is 0.457 e. The highest BCUT2D eigenvalue weighted by Crippen LogP contribution is 2.23. The van der Waals surface area contributed by atoms with E-state index >= 15 is 0 Å². The zero-order chi connectivity index (χ0) is 22.5. The van der Waals surface area contributed by atoms with Crippen molar-refractivity contribution >= 4 is 11.8 Å². The number of amides is 2. The first-order chi connectivity index (χ1) is 15.5. The predicted octanol–water partition coefficient (Wildman–Crippen LogP) is 3.84. The van der Waals surface area contributed by atoms with Crippen LogP contribution in [0.3, 0.4) is 0 Å². The second-order valence-corrected chi connectivity index (χ2v) is 8.07. The minimum absolute atomic E-state index is 0.0394. The standard InChI is InChI=1S/C26H27N3O3/c1-19-3-2-4-20(17-19)18-28-13-15-29(16-14-28)26(31)22-7-11-24(12-8-22)32-23-9-5-21(6-10-23)25(27)30/h2-12,17H,13-16,18H2,1H3,(H2,27,30). The molecule has 32 heavy (non-hydrogen) atoms. The van der Waals surface area contributed by atoms with E-state index in [0.717, 1.165) is 32.7 Å². The van der Waals surface area contributed by atoms with E-state index in [2.05, 4.69) is 36.1 Å². The van der Waals surface area contributed by atoms with Crippen LogP contribution in [0.4, 0.5) is 0 Å². The first-order valence-electron chi connectivity index (χ1n) is 10.7. The van der Waals surface area contributed by atoms with Crippen LogP contribution < -0.4 is 10.5 Å². The lowest BCUT2D eigenvalue weighted by Gasteiger charge is -2.34. The zero-order valence-electron chi connectivity index (χ0n) is 18.2. The Hall–Kier alpha value is -3.64. The van der Waals surface area contributed by atoms with Crippen LogP contribution in [-0.4, -0.2) is 47.8 Å². The second kappa shape index (κ2) is 9.66. The number of carbonyl (C=O) groups is 2. The summed E-state index contributed by atoms with van der Waals surface area (Å²) in [7, 11) is 0. The van der Waals surface area contributed by atoms with Gasteiger partial charge in [0, 0.05) is 43.9 Å². The Bertz CT molecular complexity index is 1090. The van der Waals surface area contributed by atoms with Gasteiger partial charge >= 0.3 is 0 Å². The molecule has 0 aromatic heterocycles. The van der Waals surface area contributed by atoms with Gasteiger partial charge in [-0.15, -0.1) is 0 Å². The molecule has 6 nitrogen and oxygen atoms in total. The molecule has 1 fully saturated rings. The lowest BCUT2D eigenvalue weighted by Crippen LogP contribution is -2.48. The topological polar surface area (TPSA) is 75.9 Å². The van der Waals surface area contributed by atoms with Gasteiger partial charge in [0.05, 0.1) is 0 Å². The number of ether oxygens (including phenoxy) is 1. The smallest absolute Gasteiger partial charge is 0.253 e. The van der Waals surface area contributed by atoms with Gasteiger partial charge in [0.25, 0.3) is 5.91 Å². The summed E-state index contributed by atoms with van der Waals surface area (Å²) in [5, 5.41) is 0.